The van der Waals surface area contributed by atoms with Crippen molar-refractivity contribution in [1.29, 1.82) is 0 Å². The van der Waals surface area contributed by atoms with Gasteiger partial charge in [0.1, 0.15) is 11.8 Å². The second-order valence-electron chi connectivity index (χ2n) is 8.87. The maximum Gasteiger partial charge on any atom is 0.322 e. The Morgan fingerprint density at radius 3 is 2.43 bits per heavy atom. The second-order valence-corrected chi connectivity index (χ2v) is 9.96. The van der Waals surface area contributed by atoms with Gasteiger partial charge < -0.3 is 20.5 Å². The van der Waals surface area contributed by atoms with Crippen LogP contribution in [0.15, 0.2) is 48.5 Å². The molecule has 0 saturated heterocycles. The van der Waals surface area contributed by atoms with Crippen LogP contribution in [0.1, 0.15) is 46.5 Å². The normalized spacial score (nSPS) is 18.7. The number of amides is 1. The van der Waals surface area contributed by atoms with Crippen molar-refractivity contribution >= 4 is 33.3 Å². The van der Waals surface area contributed by atoms with E-state index in [2.05, 4.69) is 23.5 Å². The summed E-state index contributed by atoms with van der Waals surface area (Å²) in [5.74, 6) is 0.166. The van der Waals surface area contributed by atoms with Gasteiger partial charge in [-0.05, 0) is 72.4 Å². The summed E-state index contributed by atoms with van der Waals surface area (Å²) in [6.07, 6.45) is 3.60. The number of nitrogens with one attached hydrogen (secondary N) is 2. The van der Waals surface area contributed by atoms with Gasteiger partial charge in [0, 0.05) is 17.8 Å². The lowest BCUT2D eigenvalue weighted by Crippen LogP contribution is -2.41. The van der Waals surface area contributed by atoms with Crippen molar-refractivity contribution < 1.29 is 24.3 Å². The predicted molar refractivity (Wildman–Crippen MR) is 134 cm³/mol. The molecule has 4 rings (SSSR count). The van der Waals surface area contributed by atoms with Crippen LogP contribution in [-0.2, 0) is 22.6 Å². The smallest absolute Gasteiger partial charge is 0.322 e. The van der Waals surface area contributed by atoms with E-state index in [-0.39, 0.29) is 18.0 Å². The van der Waals surface area contributed by atoms with Crippen LogP contribution in [0.25, 0.3) is 10.1 Å². The summed E-state index contributed by atoms with van der Waals surface area (Å²) in [4.78, 5) is 23.7. The molecular weight excluding hydrogens is 466 g/mol. The molecule has 0 aliphatic heterocycles. The number of carbonyl (C=O) groups excluding carboxylic acids is 2. The first-order valence-corrected chi connectivity index (χ1v) is 12.5. The van der Waals surface area contributed by atoms with Crippen molar-refractivity contribution in [3.63, 3.8) is 0 Å². The van der Waals surface area contributed by atoms with Crippen molar-refractivity contribution in [2.45, 2.75) is 50.9 Å². The molecule has 2 aromatic carbocycles. The third kappa shape index (κ3) is 6.37. The zero-order valence-corrected chi connectivity index (χ0v) is 20.5. The third-order valence-electron chi connectivity index (χ3n) is 6.49. The van der Waals surface area contributed by atoms with Gasteiger partial charge in [-0.25, -0.2) is 5.48 Å². The van der Waals surface area contributed by atoms with E-state index in [0.29, 0.717) is 11.4 Å². The number of hydrogen-bond donors (Lipinski definition) is 4. The lowest BCUT2D eigenvalue weighted by molar-refractivity contribution is -0.144. The number of thiophene rings is 1. The maximum atomic E-state index is 11.7. The topological polar surface area (TPSA) is 123 Å². The van der Waals surface area contributed by atoms with Crippen LogP contribution in [0.2, 0.25) is 0 Å². The highest BCUT2D eigenvalue weighted by molar-refractivity contribution is 7.20. The van der Waals surface area contributed by atoms with Crippen LogP contribution in [0.4, 0.5) is 0 Å². The first-order valence-electron chi connectivity index (χ1n) is 11.7. The van der Waals surface area contributed by atoms with E-state index in [1.165, 1.54) is 18.4 Å². The van der Waals surface area contributed by atoms with Gasteiger partial charge in [0.15, 0.2) is 0 Å². The molecule has 0 bridgehead atoms. The van der Waals surface area contributed by atoms with Crippen molar-refractivity contribution in [3.05, 3.63) is 64.5 Å². The Morgan fingerprint density at radius 2 is 1.74 bits per heavy atom. The van der Waals surface area contributed by atoms with Crippen molar-refractivity contribution in [2.24, 2.45) is 11.7 Å². The third-order valence-corrected chi connectivity index (χ3v) is 7.59. The number of rotatable bonds is 9. The van der Waals surface area contributed by atoms with Gasteiger partial charge in [0.25, 0.3) is 5.91 Å². The Morgan fingerprint density at radius 1 is 1.06 bits per heavy atom. The number of benzene rings is 2. The van der Waals surface area contributed by atoms with Crippen LogP contribution in [-0.4, -0.2) is 36.3 Å². The molecule has 186 valence electrons. The lowest BCUT2D eigenvalue weighted by Gasteiger charge is -2.31. The van der Waals surface area contributed by atoms with Crippen LogP contribution in [0, 0.1) is 5.92 Å². The summed E-state index contributed by atoms with van der Waals surface area (Å²) in [7, 11) is 1.37. The van der Waals surface area contributed by atoms with Crippen LogP contribution in [0.3, 0.4) is 0 Å². The van der Waals surface area contributed by atoms with Crippen LogP contribution >= 0.6 is 11.3 Å². The minimum Gasteiger partial charge on any atom is -0.490 e. The van der Waals surface area contributed by atoms with Gasteiger partial charge in [0.2, 0.25) is 0 Å². The molecule has 1 aliphatic carbocycles. The molecule has 1 heterocycles. The molecule has 3 aromatic rings. The van der Waals surface area contributed by atoms with E-state index in [1.54, 1.807) is 11.5 Å². The molecular formula is C26H31N3O5S. The number of fused-ring (bicyclic) bond motifs is 1. The highest BCUT2D eigenvalue weighted by atomic mass is 32.1. The van der Waals surface area contributed by atoms with E-state index in [1.807, 2.05) is 24.3 Å². The molecule has 1 aliphatic rings. The van der Waals surface area contributed by atoms with Crippen molar-refractivity contribution in [1.82, 2.24) is 10.8 Å². The Bertz CT molecular complexity index is 1160. The Hall–Kier alpha value is -2.98. The molecule has 35 heavy (non-hydrogen) atoms. The van der Waals surface area contributed by atoms with Crippen LogP contribution in [0.5, 0.6) is 5.75 Å². The maximum absolute atomic E-state index is 11.7. The molecule has 8 nitrogen and oxygen atoms in total. The quantitative estimate of drug-likeness (QED) is 0.202. The number of nitrogens with two attached hydrogens (primary N) is 1. The zero-order chi connectivity index (χ0) is 24.8. The van der Waals surface area contributed by atoms with E-state index >= 15 is 0 Å². The van der Waals surface area contributed by atoms with E-state index in [4.69, 9.17) is 20.4 Å². The fourth-order valence-corrected chi connectivity index (χ4v) is 5.49. The summed E-state index contributed by atoms with van der Waals surface area (Å²) < 4.78 is 11.9. The standard InChI is InChI=1S/C26H31N3O5S/c1-33-26(31)24(27)18-6-10-21(11-7-18)34-20-8-3-16(4-9-20)14-28-15-17-2-5-19-13-23(25(30)29-32)35-22(19)12-17/h2-5,8-9,12-13,18,21,24,28,32H,6-7,10-11,14-15,27H2,1H3,(H,29,30)/t18?,21?,24-/m0/s1. The number of methoxy groups -OCH3 is 1. The van der Waals surface area contributed by atoms with Gasteiger partial charge in [-0.1, -0.05) is 24.3 Å². The molecule has 5 N–H and O–H groups in total. The Labute approximate surface area is 208 Å². The first-order chi connectivity index (χ1) is 17.0. The molecule has 0 radical (unpaired) electrons. The fraction of sp³-hybridized carbons (Fsp3) is 0.385. The molecule has 1 saturated carbocycles. The summed E-state index contributed by atoms with van der Waals surface area (Å²) in [6, 6.07) is 15.4. The minimum atomic E-state index is -0.551. The van der Waals surface area contributed by atoms with Crippen molar-refractivity contribution in [3.8, 4) is 5.75 Å². The number of esters is 1. The molecule has 1 aromatic heterocycles. The molecule has 0 spiro atoms. The molecule has 0 unspecified atom stereocenters. The van der Waals surface area contributed by atoms with E-state index in [9.17, 15) is 9.59 Å². The highest BCUT2D eigenvalue weighted by Crippen LogP contribution is 2.30. The molecule has 1 atom stereocenters. The lowest BCUT2D eigenvalue weighted by atomic mass is 9.83. The number of hydroxylamine groups is 1. The SMILES string of the molecule is COC(=O)[C@@H](N)C1CCC(Oc2ccc(CNCc3ccc4cc(C(=O)NO)sc4c3)cc2)CC1. The van der Waals surface area contributed by atoms with Crippen molar-refractivity contribution in [2.75, 3.05) is 7.11 Å². The van der Waals surface area contributed by atoms with Gasteiger partial charge in [-0.2, -0.15) is 0 Å². The Balaban J connectivity index is 1.23. The largest absolute Gasteiger partial charge is 0.490 e. The minimum absolute atomic E-state index is 0.135. The molecule has 1 amide bonds. The van der Waals surface area contributed by atoms with E-state index in [0.717, 1.165) is 59.2 Å². The number of carbonyl (C=O) groups is 2. The summed E-state index contributed by atoms with van der Waals surface area (Å²) in [6.45, 7) is 1.42. The predicted octanol–water partition coefficient (Wildman–Crippen LogP) is 3.75. The Kier molecular flexibility index (Phi) is 8.35. The monoisotopic (exact) mass is 497 g/mol. The number of hydrogen-bond acceptors (Lipinski definition) is 8. The molecule has 1 fully saturated rings. The van der Waals surface area contributed by atoms with Gasteiger partial charge in [-0.15, -0.1) is 11.3 Å². The molecule has 9 heteroatoms. The second kappa shape index (κ2) is 11.6. The van der Waals surface area contributed by atoms with Gasteiger partial charge in [0.05, 0.1) is 18.1 Å². The fourth-order valence-electron chi connectivity index (χ4n) is 4.48. The summed E-state index contributed by atoms with van der Waals surface area (Å²) in [5, 5.41) is 13.2. The number of ether oxygens (including phenoxy) is 2. The summed E-state index contributed by atoms with van der Waals surface area (Å²) in [5.41, 5.74) is 9.95. The van der Waals surface area contributed by atoms with Crippen LogP contribution < -0.4 is 21.3 Å². The average molecular weight is 498 g/mol. The zero-order valence-electron chi connectivity index (χ0n) is 19.7. The van der Waals surface area contributed by atoms with Gasteiger partial charge in [-0.3, -0.25) is 14.8 Å². The highest BCUT2D eigenvalue weighted by Gasteiger charge is 2.30. The van der Waals surface area contributed by atoms with E-state index < -0.39 is 11.9 Å². The average Bonchev–Trinajstić information content (AvgIpc) is 3.32. The van der Waals surface area contributed by atoms with Gasteiger partial charge >= 0.3 is 5.97 Å². The first kappa shape index (κ1) is 25.1. The summed E-state index contributed by atoms with van der Waals surface area (Å²) >= 11 is 1.35.